The molecule has 0 aliphatic carbocycles. The highest BCUT2D eigenvalue weighted by molar-refractivity contribution is 9.10. The number of halogens is 1. The van der Waals surface area contributed by atoms with E-state index in [-0.39, 0.29) is 11.8 Å². The summed E-state index contributed by atoms with van der Waals surface area (Å²) in [6.45, 7) is 0. The van der Waals surface area contributed by atoms with Crippen LogP contribution in [-0.4, -0.2) is 16.4 Å². The van der Waals surface area contributed by atoms with Crippen molar-refractivity contribution < 1.29 is 9.59 Å². The molecule has 0 unspecified atom stereocenters. The monoisotopic (exact) mass is 580 g/mol. The fourth-order valence-corrected chi connectivity index (χ4v) is 6.94. The zero-order valence-corrected chi connectivity index (χ0v) is 22.4. The maximum atomic E-state index is 13.5. The number of amides is 2. The molecule has 7 rings (SSSR count). The van der Waals surface area contributed by atoms with Gasteiger partial charge in [-0.2, -0.15) is 0 Å². The first-order chi connectivity index (χ1) is 18.1. The van der Waals surface area contributed by atoms with Crippen molar-refractivity contribution in [2.75, 3.05) is 4.90 Å². The van der Waals surface area contributed by atoms with Crippen molar-refractivity contribution in [3.8, 4) is 26.8 Å². The molecule has 2 amide bonds. The fourth-order valence-electron chi connectivity index (χ4n) is 4.99. The average molecular weight is 582 g/mol. The van der Waals surface area contributed by atoms with Crippen LogP contribution in [0.15, 0.2) is 106 Å². The van der Waals surface area contributed by atoms with Gasteiger partial charge in [-0.05, 0) is 82.9 Å². The van der Waals surface area contributed by atoms with E-state index in [0.29, 0.717) is 22.2 Å². The Balaban J connectivity index is 1.33. The highest BCUT2D eigenvalue weighted by Crippen LogP contribution is 2.38. The number of imide groups is 1. The molecular weight excluding hydrogens is 564 g/mol. The first-order valence-corrected chi connectivity index (χ1v) is 14.2. The van der Waals surface area contributed by atoms with Gasteiger partial charge in [0.1, 0.15) is 0 Å². The third-order valence-corrected chi connectivity index (χ3v) is 9.12. The summed E-state index contributed by atoms with van der Waals surface area (Å²) in [4.78, 5) is 30.7. The SMILES string of the molecule is O=C1c2cccc3c(Br)ccc(c23)C(=O)N1c1ccc(-n2c(-c3cccs3)ccc2-c2cccs2)cc1. The highest BCUT2D eigenvalue weighted by atomic mass is 79.9. The zero-order valence-electron chi connectivity index (χ0n) is 19.2. The molecule has 4 nitrogen and oxygen atoms in total. The first kappa shape index (κ1) is 22.4. The number of rotatable bonds is 4. The van der Waals surface area contributed by atoms with Crippen LogP contribution in [0.1, 0.15) is 20.7 Å². The van der Waals surface area contributed by atoms with E-state index in [2.05, 4.69) is 67.7 Å². The lowest BCUT2D eigenvalue weighted by Gasteiger charge is -2.27. The summed E-state index contributed by atoms with van der Waals surface area (Å²) in [5.74, 6) is -0.623. The lowest BCUT2D eigenvalue weighted by atomic mass is 9.94. The largest absolute Gasteiger partial charge is 0.308 e. The van der Waals surface area contributed by atoms with E-state index in [0.717, 1.165) is 26.9 Å². The third-order valence-electron chi connectivity index (χ3n) is 6.65. The van der Waals surface area contributed by atoms with Crippen LogP contribution in [-0.2, 0) is 0 Å². The van der Waals surface area contributed by atoms with Gasteiger partial charge >= 0.3 is 0 Å². The molecule has 0 N–H and O–H groups in total. The van der Waals surface area contributed by atoms with Gasteiger partial charge in [0.15, 0.2) is 0 Å². The quantitative estimate of drug-likeness (QED) is 0.196. The molecule has 7 heteroatoms. The van der Waals surface area contributed by atoms with Gasteiger partial charge in [0.05, 0.1) is 26.8 Å². The van der Waals surface area contributed by atoms with Crippen LogP contribution in [0.25, 0.3) is 37.6 Å². The summed E-state index contributed by atoms with van der Waals surface area (Å²) in [6.07, 6.45) is 0. The van der Waals surface area contributed by atoms with Crippen molar-refractivity contribution in [2.24, 2.45) is 0 Å². The average Bonchev–Trinajstić information content (AvgIpc) is 3.70. The van der Waals surface area contributed by atoms with Gasteiger partial charge in [-0.15, -0.1) is 22.7 Å². The van der Waals surface area contributed by atoms with Crippen LogP contribution < -0.4 is 4.90 Å². The van der Waals surface area contributed by atoms with Crippen LogP contribution >= 0.6 is 38.6 Å². The second-order valence-electron chi connectivity index (χ2n) is 8.68. The molecule has 6 aromatic rings. The van der Waals surface area contributed by atoms with E-state index >= 15 is 0 Å². The molecule has 0 bridgehead atoms. The molecule has 1 aliphatic heterocycles. The number of carbonyl (C=O) groups excluding carboxylic acids is 2. The van der Waals surface area contributed by atoms with Crippen LogP contribution in [0.2, 0.25) is 0 Å². The maximum Gasteiger partial charge on any atom is 0.265 e. The Morgan fingerprint density at radius 2 is 1.19 bits per heavy atom. The molecule has 0 saturated heterocycles. The Morgan fingerprint density at radius 1 is 0.595 bits per heavy atom. The van der Waals surface area contributed by atoms with Crippen molar-refractivity contribution in [3.05, 3.63) is 117 Å². The van der Waals surface area contributed by atoms with Gasteiger partial charge in [-0.3, -0.25) is 9.59 Å². The first-order valence-electron chi connectivity index (χ1n) is 11.6. The number of nitrogens with zero attached hydrogens (tertiary/aromatic N) is 2. The van der Waals surface area contributed by atoms with Crippen molar-refractivity contribution in [2.45, 2.75) is 0 Å². The van der Waals surface area contributed by atoms with Gasteiger partial charge in [0, 0.05) is 26.7 Å². The summed E-state index contributed by atoms with van der Waals surface area (Å²) >= 11 is 6.94. The maximum absolute atomic E-state index is 13.5. The van der Waals surface area contributed by atoms with Crippen molar-refractivity contribution in [1.82, 2.24) is 4.57 Å². The van der Waals surface area contributed by atoms with Crippen LogP contribution in [0.3, 0.4) is 0 Å². The summed E-state index contributed by atoms with van der Waals surface area (Å²) < 4.78 is 3.09. The number of anilines is 1. The molecule has 1 aliphatic rings. The molecule has 4 heterocycles. The van der Waals surface area contributed by atoms with E-state index in [1.807, 2.05) is 42.5 Å². The summed E-state index contributed by atoms with van der Waals surface area (Å²) in [5, 5.41) is 5.71. The Morgan fingerprint density at radius 3 is 1.78 bits per heavy atom. The Labute approximate surface area is 229 Å². The van der Waals surface area contributed by atoms with E-state index in [9.17, 15) is 9.59 Å². The molecule has 0 saturated carbocycles. The fraction of sp³-hybridized carbons (Fsp3) is 0. The number of carbonyl (C=O) groups is 2. The number of benzene rings is 3. The number of aromatic nitrogens is 1. The summed E-state index contributed by atoms with van der Waals surface area (Å²) in [6, 6.07) is 29.5. The number of hydrogen-bond acceptors (Lipinski definition) is 4. The molecule has 37 heavy (non-hydrogen) atoms. The zero-order chi connectivity index (χ0) is 25.1. The minimum atomic E-state index is -0.312. The molecule has 178 valence electrons. The van der Waals surface area contributed by atoms with Crippen LogP contribution in [0.5, 0.6) is 0 Å². The molecule has 0 spiro atoms. The van der Waals surface area contributed by atoms with Gasteiger partial charge in [0.25, 0.3) is 11.8 Å². The van der Waals surface area contributed by atoms with Gasteiger partial charge in [-0.1, -0.05) is 40.2 Å². The molecular formula is C30H17BrN2O2S2. The number of thiophene rings is 2. The highest BCUT2D eigenvalue weighted by Gasteiger charge is 2.34. The van der Waals surface area contributed by atoms with E-state index in [1.165, 1.54) is 14.7 Å². The third kappa shape index (κ3) is 3.46. The van der Waals surface area contributed by atoms with Crippen LogP contribution in [0.4, 0.5) is 5.69 Å². The predicted octanol–water partition coefficient (Wildman–Crippen LogP) is 8.65. The van der Waals surface area contributed by atoms with Gasteiger partial charge in [0.2, 0.25) is 0 Å². The van der Waals surface area contributed by atoms with Crippen molar-refractivity contribution in [3.63, 3.8) is 0 Å². The molecule has 0 fully saturated rings. The second kappa shape index (κ2) is 8.66. The molecule has 0 radical (unpaired) electrons. The van der Waals surface area contributed by atoms with Gasteiger partial charge in [-0.25, -0.2) is 4.90 Å². The normalized spacial score (nSPS) is 13.1. The lowest BCUT2D eigenvalue weighted by molar-refractivity contribution is 0.0893. The van der Waals surface area contributed by atoms with Crippen molar-refractivity contribution >= 4 is 66.9 Å². The summed E-state index contributed by atoms with van der Waals surface area (Å²) in [5.41, 5.74) is 4.77. The lowest BCUT2D eigenvalue weighted by Crippen LogP contribution is -2.40. The summed E-state index contributed by atoms with van der Waals surface area (Å²) in [7, 11) is 0. The minimum Gasteiger partial charge on any atom is -0.308 e. The minimum absolute atomic E-state index is 0.312. The van der Waals surface area contributed by atoms with Crippen molar-refractivity contribution in [1.29, 1.82) is 0 Å². The molecule has 3 aromatic carbocycles. The Hall–Kier alpha value is -3.78. The Kier molecular flexibility index (Phi) is 5.25. The predicted molar refractivity (Wildman–Crippen MR) is 155 cm³/mol. The smallest absolute Gasteiger partial charge is 0.265 e. The Bertz CT molecular complexity index is 1740. The molecule has 0 atom stereocenters. The van der Waals surface area contributed by atoms with E-state index < -0.39 is 0 Å². The second-order valence-corrected chi connectivity index (χ2v) is 11.4. The van der Waals surface area contributed by atoms with Crippen LogP contribution in [0, 0.1) is 0 Å². The van der Waals surface area contributed by atoms with E-state index in [4.69, 9.17) is 0 Å². The standard InChI is InChI=1S/C30H17BrN2O2S2/c31-23-13-12-22-28-20(23)4-1-5-21(28)29(34)33(30(22)35)19-10-8-18(9-11-19)32-24(26-6-2-16-36-26)14-15-25(32)27-7-3-17-37-27/h1-17H. The van der Waals surface area contributed by atoms with Gasteiger partial charge < -0.3 is 4.57 Å². The van der Waals surface area contributed by atoms with E-state index in [1.54, 1.807) is 34.8 Å². The number of hydrogen-bond donors (Lipinski definition) is 0. The molecule has 3 aromatic heterocycles. The topological polar surface area (TPSA) is 42.3 Å².